The summed E-state index contributed by atoms with van der Waals surface area (Å²) in [6.07, 6.45) is 4.49. The summed E-state index contributed by atoms with van der Waals surface area (Å²) in [5.74, 6) is 0. The molecule has 0 saturated heterocycles. The van der Waals surface area contributed by atoms with Crippen molar-refractivity contribution in [2.75, 3.05) is 6.16 Å². The van der Waals surface area contributed by atoms with Crippen molar-refractivity contribution in [2.24, 2.45) is 5.73 Å². The molecule has 5 heteroatoms. The van der Waals surface area contributed by atoms with E-state index < -0.39 is 7.60 Å². The third kappa shape index (κ3) is 7.08. The summed E-state index contributed by atoms with van der Waals surface area (Å²) in [5.41, 5.74) is 7.03. The Labute approximate surface area is 101 Å². The molecule has 4 N–H and O–H groups in total. The molecule has 0 amide bonds. The van der Waals surface area contributed by atoms with Gasteiger partial charge in [0.15, 0.2) is 0 Å². The van der Waals surface area contributed by atoms with E-state index in [9.17, 15) is 4.57 Å². The van der Waals surface area contributed by atoms with Crippen LogP contribution in [0, 0.1) is 0 Å². The van der Waals surface area contributed by atoms with Gasteiger partial charge in [0, 0.05) is 6.04 Å². The molecule has 1 aromatic carbocycles. The Morgan fingerprint density at radius 3 is 2.53 bits per heavy atom. The first-order valence-corrected chi connectivity index (χ1v) is 7.28. The maximum atomic E-state index is 10.6. The van der Waals surface area contributed by atoms with Crippen LogP contribution in [0.25, 0.3) is 0 Å². The number of hydrogen-bond donors (Lipinski definition) is 3. The average molecular weight is 255 g/mol. The van der Waals surface area contributed by atoms with E-state index in [1.807, 2.05) is 30.3 Å². The zero-order valence-electron chi connectivity index (χ0n) is 9.57. The Hall–Kier alpha value is -0.930. The van der Waals surface area contributed by atoms with Crippen molar-refractivity contribution in [3.05, 3.63) is 48.0 Å². The summed E-state index contributed by atoms with van der Waals surface area (Å²) in [6.45, 7) is 0. The van der Waals surface area contributed by atoms with Crippen LogP contribution in [-0.4, -0.2) is 22.0 Å². The van der Waals surface area contributed by atoms with Gasteiger partial charge in [-0.3, -0.25) is 4.57 Å². The minimum atomic E-state index is -3.94. The highest BCUT2D eigenvalue weighted by Gasteiger charge is 2.09. The summed E-state index contributed by atoms with van der Waals surface area (Å²) >= 11 is 0. The molecule has 4 nitrogen and oxygen atoms in total. The van der Waals surface area contributed by atoms with Crippen molar-refractivity contribution >= 4 is 7.60 Å². The Balaban J connectivity index is 2.31. The van der Waals surface area contributed by atoms with Gasteiger partial charge in [-0.15, -0.1) is 0 Å². The highest BCUT2D eigenvalue weighted by molar-refractivity contribution is 7.51. The monoisotopic (exact) mass is 255 g/mol. The van der Waals surface area contributed by atoms with E-state index in [4.69, 9.17) is 15.5 Å². The highest BCUT2D eigenvalue weighted by atomic mass is 31.2. The van der Waals surface area contributed by atoms with Crippen LogP contribution in [0.1, 0.15) is 12.0 Å². The summed E-state index contributed by atoms with van der Waals surface area (Å²) < 4.78 is 10.6. The molecule has 0 aliphatic carbocycles. The van der Waals surface area contributed by atoms with Crippen LogP contribution in [0.4, 0.5) is 0 Å². The highest BCUT2D eigenvalue weighted by Crippen LogP contribution is 2.33. The first kappa shape index (κ1) is 14.1. The van der Waals surface area contributed by atoms with Crippen molar-refractivity contribution in [3.63, 3.8) is 0 Å². The first-order chi connectivity index (χ1) is 7.97. The van der Waals surface area contributed by atoms with Gasteiger partial charge < -0.3 is 15.5 Å². The summed E-state index contributed by atoms with van der Waals surface area (Å²) in [4.78, 5) is 17.3. The molecule has 0 saturated carbocycles. The fourth-order valence-electron chi connectivity index (χ4n) is 1.45. The van der Waals surface area contributed by atoms with E-state index in [0.29, 0.717) is 0 Å². The van der Waals surface area contributed by atoms with Gasteiger partial charge in [-0.05, 0) is 18.4 Å². The molecule has 1 rings (SSSR count). The minimum absolute atomic E-state index is 0.165. The summed E-state index contributed by atoms with van der Waals surface area (Å²) in [6, 6.07) is 9.82. The van der Waals surface area contributed by atoms with Crippen LogP contribution in [-0.2, 0) is 11.0 Å². The topological polar surface area (TPSA) is 83.6 Å². The van der Waals surface area contributed by atoms with Gasteiger partial charge in [-0.1, -0.05) is 42.5 Å². The number of hydrogen-bond acceptors (Lipinski definition) is 2. The largest absolute Gasteiger partial charge is 0.329 e. The maximum Gasteiger partial charge on any atom is 0.329 e. The third-order valence-corrected chi connectivity index (χ3v) is 3.02. The van der Waals surface area contributed by atoms with E-state index in [1.165, 1.54) is 11.6 Å². The second-order valence-corrected chi connectivity index (χ2v) is 5.66. The lowest BCUT2D eigenvalue weighted by Crippen LogP contribution is -2.17. The van der Waals surface area contributed by atoms with Crippen LogP contribution in [0.15, 0.2) is 42.5 Å². The smallest absolute Gasteiger partial charge is 0.324 e. The molecule has 0 radical (unpaired) electrons. The van der Waals surface area contributed by atoms with E-state index in [-0.39, 0.29) is 12.2 Å². The van der Waals surface area contributed by atoms with Gasteiger partial charge in [0.05, 0.1) is 6.16 Å². The molecule has 0 unspecified atom stereocenters. The lowest BCUT2D eigenvalue weighted by Gasteiger charge is -2.06. The molecule has 0 aliphatic rings. The SMILES string of the molecule is N[C@H](/C=C/CP(=O)(O)O)CCc1ccccc1. The van der Waals surface area contributed by atoms with Gasteiger partial charge in [-0.25, -0.2) is 0 Å². The molecule has 0 aromatic heterocycles. The Morgan fingerprint density at radius 2 is 1.94 bits per heavy atom. The van der Waals surface area contributed by atoms with Crippen molar-refractivity contribution in [1.29, 1.82) is 0 Å². The molecule has 0 aliphatic heterocycles. The number of aryl methyl sites for hydroxylation is 1. The molecule has 1 aromatic rings. The molecule has 0 heterocycles. The molecule has 0 bridgehead atoms. The van der Waals surface area contributed by atoms with Crippen molar-refractivity contribution in [3.8, 4) is 0 Å². The fraction of sp³-hybridized carbons (Fsp3) is 0.333. The predicted molar refractivity (Wildman–Crippen MR) is 68.8 cm³/mol. The maximum absolute atomic E-state index is 10.6. The first-order valence-electron chi connectivity index (χ1n) is 5.48. The van der Waals surface area contributed by atoms with E-state index in [0.717, 1.165) is 12.8 Å². The van der Waals surface area contributed by atoms with Gasteiger partial charge >= 0.3 is 7.60 Å². The van der Waals surface area contributed by atoms with Crippen molar-refractivity contribution < 1.29 is 14.4 Å². The second-order valence-electron chi connectivity index (χ2n) is 3.96. The summed E-state index contributed by atoms with van der Waals surface area (Å²) in [5, 5.41) is 0. The number of allylic oxidation sites excluding steroid dienone is 1. The van der Waals surface area contributed by atoms with E-state index in [1.54, 1.807) is 6.08 Å². The fourth-order valence-corrected chi connectivity index (χ4v) is 1.84. The lowest BCUT2D eigenvalue weighted by atomic mass is 10.1. The minimum Gasteiger partial charge on any atom is -0.324 e. The Kier molecular flexibility index (Phi) is 5.59. The van der Waals surface area contributed by atoms with Crippen molar-refractivity contribution in [2.45, 2.75) is 18.9 Å². The number of nitrogens with two attached hydrogens (primary N) is 1. The van der Waals surface area contributed by atoms with Gasteiger partial charge in [0.1, 0.15) is 0 Å². The van der Waals surface area contributed by atoms with Crippen molar-refractivity contribution in [1.82, 2.24) is 0 Å². The van der Waals surface area contributed by atoms with Gasteiger partial charge in [-0.2, -0.15) is 0 Å². The second kappa shape index (κ2) is 6.72. The molecule has 1 atom stereocenters. The van der Waals surface area contributed by atoms with Crippen LogP contribution in [0.2, 0.25) is 0 Å². The third-order valence-electron chi connectivity index (χ3n) is 2.34. The van der Waals surface area contributed by atoms with Gasteiger partial charge in [0.2, 0.25) is 0 Å². The molecule has 0 spiro atoms. The van der Waals surface area contributed by atoms with E-state index >= 15 is 0 Å². The van der Waals surface area contributed by atoms with Crippen LogP contribution < -0.4 is 5.73 Å². The Bertz CT molecular complexity index is 399. The normalized spacial score (nSPS) is 14.1. The quantitative estimate of drug-likeness (QED) is 0.533. The standard InChI is InChI=1S/C12H18NO3P/c13-12(7-4-10-17(14,15)16)9-8-11-5-2-1-3-6-11/h1-7,12H,8-10,13H2,(H2,14,15,16)/b7-4+/t12-/m1/s1. The molecule has 0 fully saturated rings. The molecular formula is C12H18NO3P. The molecular weight excluding hydrogens is 237 g/mol. The van der Waals surface area contributed by atoms with Gasteiger partial charge in [0.25, 0.3) is 0 Å². The average Bonchev–Trinajstić information content (AvgIpc) is 2.26. The zero-order valence-corrected chi connectivity index (χ0v) is 10.5. The van der Waals surface area contributed by atoms with E-state index in [2.05, 4.69) is 0 Å². The van der Waals surface area contributed by atoms with Crippen LogP contribution >= 0.6 is 7.60 Å². The molecule has 94 valence electrons. The van der Waals surface area contributed by atoms with Crippen LogP contribution in [0.3, 0.4) is 0 Å². The molecule has 17 heavy (non-hydrogen) atoms. The Morgan fingerprint density at radius 1 is 1.29 bits per heavy atom. The predicted octanol–water partition coefficient (Wildman–Crippen LogP) is 1.68. The van der Waals surface area contributed by atoms with Crippen LogP contribution in [0.5, 0.6) is 0 Å². The summed E-state index contributed by atoms with van der Waals surface area (Å²) in [7, 11) is -3.94. The number of benzene rings is 1. The lowest BCUT2D eigenvalue weighted by molar-refractivity contribution is 0.377. The number of rotatable bonds is 6. The zero-order chi connectivity index (χ0) is 12.7.